The van der Waals surface area contributed by atoms with Crippen LogP contribution in [0.2, 0.25) is 0 Å². The van der Waals surface area contributed by atoms with E-state index in [2.05, 4.69) is 44.4 Å². The SMILES string of the molecule is CC.CCCC.CNc1ccn2nc(-c3ccccc3OC)nc2c1.O=Cc1[nH]ncc1-c1nc(C(F)F)cs1. The van der Waals surface area contributed by atoms with Crippen LogP contribution in [-0.2, 0) is 0 Å². The number of para-hydroxylation sites is 1. The van der Waals surface area contributed by atoms with Crippen molar-refractivity contribution in [3.8, 4) is 27.7 Å². The normalized spacial score (nSPS) is 10.0. The van der Waals surface area contributed by atoms with Gasteiger partial charge in [-0.2, -0.15) is 5.10 Å². The smallest absolute Gasteiger partial charge is 0.281 e. The molecule has 40 heavy (non-hydrogen) atoms. The second-order valence-electron chi connectivity index (χ2n) is 7.80. The highest BCUT2D eigenvalue weighted by Gasteiger charge is 2.15. The molecule has 0 radical (unpaired) electrons. The van der Waals surface area contributed by atoms with Crippen molar-refractivity contribution < 1.29 is 18.3 Å². The summed E-state index contributed by atoms with van der Waals surface area (Å²) in [7, 11) is 3.52. The lowest BCUT2D eigenvalue weighted by Crippen LogP contribution is -1.91. The molecule has 2 N–H and O–H groups in total. The first-order chi connectivity index (χ1) is 19.4. The van der Waals surface area contributed by atoms with Crippen molar-refractivity contribution >= 4 is 29.0 Å². The first-order valence-corrected chi connectivity index (χ1v) is 13.7. The lowest BCUT2D eigenvalue weighted by atomic mass is 10.2. The van der Waals surface area contributed by atoms with E-state index in [1.807, 2.05) is 63.5 Å². The van der Waals surface area contributed by atoms with Gasteiger partial charge in [-0.1, -0.05) is 52.7 Å². The Morgan fingerprint density at radius 1 is 1.12 bits per heavy atom. The molecule has 0 fully saturated rings. The van der Waals surface area contributed by atoms with Crippen molar-refractivity contribution in [1.82, 2.24) is 29.8 Å². The van der Waals surface area contributed by atoms with Crippen LogP contribution in [-0.4, -0.2) is 50.2 Å². The van der Waals surface area contributed by atoms with Gasteiger partial charge in [0.1, 0.15) is 22.1 Å². The van der Waals surface area contributed by atoms with Crippen LogP contribution in [0.1, 0.15) is 63.1 Å². The van der Waals surface area contributed by atoms with Crippen LogP contribution in [0.25, 0.3) is 27.6 Å². The first-order valence-electron chi connectivity index (χ1n) is 12.9. The van der Waals surface area contributed by atoms with E-state index in [0.29, 0.717) is 22.7 Å². The number of alkyl halides is 2. The molecule has 0 amide bonds. The number of aldehydes is 1. The second kappa shape index (κ2) is 16.7. The number of halogens is 2. The number of fused-ring (bicyclic) bond motifs is 1. The van der Waals surface area contributed by atoms with Crippen LogP contribution in [0.15, 0.2) is 54.2 Å². The maximum absolute atomic E-state index is 12.3. The number of rotatable bonds is 7. The summed E-state index contributed by atoms with van der Waals surface area (Å²) in [6.07, 6.45) is 3.89. The standard InChI is InChI=1S/C14H14N4O.C8H5F2N3OS.C4H10.C2H6/c1-15-10-7-8-18-13(9-10)16-14(17-18)11-5-3-4-6-12(11)19-2;9-7(10)6-3-15-8(12-6)4-1-11-13-5(4)2-14;1-3-4-2;1-2/h3-9,15H,1-2H3;1-3,7H,(H,11,13);3-4H2,1-2H3;1-2H3. The first kappa shape index (κ1) is 32.0. The van der Waals surface area contributed by atoms with Gasteiger partial charge in [0.25, 0.3) is 6.43 Å². The van der Waals surface area contributed by atoms with E-state index in [4.69, 9.17) is 4.74 Å². The minimum absolute atomic E-state index is 0.241. The summed E-state index contributed by atoms with van der Waals surface area (Å²) < 4.78 is 31.6. The molecule has 0 saturated carbocycles. The van der Waals surface area contributed by atoms with Crippen molar-refractivity contribution in [2.75, 3.05) is 19.5 Å². The Labute approximate surface area is 236 Å². The third-order valence-electron chi connectivity index (χ3n) is 5.24. The van der Waals surface area contributed by atoms with Crippen LogP contribution in [0.4, 0.5) is 14.5 Å². The number of aromatic nitrogens is 6. The summed E-state index contributed by atoms with van der Waals surface area (Å²) in [6, 6.07) is 11.6. The summed E-state index contributed by atoms with van der Waals surface area (Å²) in [5, 5.41) is 15.3. The van der Waals surface area contributed by atoms with Crippen molar-refractivity contribution in [3.05, 3.63) is 65.6 Å². The summed E-state index contributed by atoms with van der Waals surface area (Å²) in [4.78, 5) is 18.8. The summed E-state index contributed by atoms with van der Waals surface area (Å²) in [5.41, 5.74) is 3.10. The average Bonchev–Trinajstić information content (AvgIpc) is 3.77. The molecule has 9 nitrogen and oxygen atoms in total. The molecule has 0 spiro atoms. The molecule has 0 aliphatic heterocycles. The Bertz CT molecular complexity index is 1450. The number of unbranched alkanes of at least 4 members (excludes halogenated alkanes) is 1. The zero-order chi connectivity index (χ0) is 29.5. The largest absolute Gasteiger partial charge is 0.496 e. The molecule has 12 heteroatoms. The summed E-state index contributed by atoms with van der Waals surface area (Å²) >= 11 is 1.06. The Kier molecular flexibility index (Phi) is 13.4. The third-order valence-corrected chi connectivity index (χ3v) is 6.13. The van der Waals surface area contributed by atoms with E-state index in [1.165, 1.54) is 24.4 Å². The molecular formula is C28H35F2N7O2S. The predicted octanol–water partition coefficient (Wildman–Crippen LogP) is 7.56. The molecule has 5 aromatic rings. The van der Waals surface area contributed by atoms with Gasteiger partial charge in [0.05, 0.1) is 24.4 Å². The van der Waals surface area contributed by atoms with Crippen LogP contribution < -0.4 is 10.1 Å². The minimum Gasteiger partial charge on any atom is -0.496 e. The Morgan fingerprint density at radius 2 is 1.85 bits per heavy atom. The number of thiazole rings is 1. The van der Waals surface area contributed by atoms with Crippen LogP contribution in [0.5, 0.6) is 5.75 Å². The van der Waals surface area contributed by atoms with Crippen LogP contribution in [0.3, 0.4) is 0 Å². The van der Waals surface area contributed by atoms with E-state index in [1.54, 1.807) is 11.6 Å². The maximum Gasteiger partial charge on any atom is 0.281 e. The van der Waals surface area contributed by atoms with Crippen LogP contribution in [0, 0.1) is 0 Å². The number of methoxy groups -OCH3 is 1. The highest BCUT2D eigenvalue weighted by molar-refractivity contribution is 7.13. The Hall–Kier alpha value is -4.19. The van der Waals surface area contributed by atoms with Gasteiger partial charge in [0.15, 0.2) is 17.8 Å². The lowest BCUT2D eigenvalue weighted by Gasteiger charge is -2.03. The van der Waals surface area contributed by atoms with E-state index < -0.39 is 6.43 Å². The zero-order valence-corrected chi connectivity index (χ0v) is 24.3. The number of nitrogens with zero attached hydrogens (tertiary/aromatic N) is 5. The number of H-pyrrole nitrogens is 1. The molecule has 0 aliphatic rings. The number of nitrogens with one attached hydrogen (secondary N) is 2. The van der Waals surface area contributed by atoms with Crippen molar-refractivity contribution in [2.24, 2.45) is 0 Å². The maximum atomic E-state index is 12.3. The number of aromatic amines is 1. The van der Waals surface area contributed by atoms with Crippen molar-refractivity contribution in [1.29, 1.82) is 0 Å². The Morgan fingerprint density at radius 3 is 2.45 bits per heavy atom. The molecule has 0 bridgehead atoms. The summed E-state index contributed by atoms with van der Waals surface area (Å²) in [6.45, 7) is 8.36. The molecule has 4 aromatic heterocycles. The predicted molar refractivity (Wildman–Crippen MR) is 156 cm³/mol. The number of carbonyl (C=O) groups excluding carboxylic acids is 1. The van der Waals surface area contributed by atoms with Gasteiger partial charge >= 0.3 is 0 Å². The topological polar surface area (TPSA) is 110 Å². The number of hydrogen-bond donors (Lipinski definition) is 2. The molecule has 1 aromatic carbocycles. The second-order valence-corrected chi connectivity index (χ2v) is 8.66. The third kappa shape index (κ3) is 8.40. The molecule has 0 aliphatic carbocycles. The fraction of sp³-hybridized carbons (Fsp3) is 0.321. The van der Waals surface area contributed by atoms with Gasteiger partial charge in [-0.25, -0.2) is 23.3 Å². The van der Waals surface area contributed by atoms with Gasteiger partial charge in [-0.3, -0.25) is 9.89 Å². The van der Waals surface area contributed by atoms with Gasteiger partial charge in [0.2, 0.25) is 0 Å². The highest BCUT2D eigenvalue weighted by atomic mass is 32.1. The number of ether oxygens (including phenoxy) is 1. The van der Waals surface area contributed by atoms with Crippen LogP contribution >= 0.6 is 11.3 Å². The molecule has 214 valence electrons. The lowest BCUT2D eigenvalue weighted by molar-refractivity contribution is 0.111. The van der Waals surface area contributed by atoms with E-state index >= 15 is 0 Å². The van der Waals surface area contributed by atoms with E-state index in [-0.39, 0.29) is 11.4 Å². The number of benzene rings is 1. The number of carbonyl (C=O) groups is 1. The summed E-state index contributed by atoms with van der Waals surface area (Å²) in [5.74, 6) is 1.43. The molecule has 5 rings (SSSR count). The van der Waals surface area contributed by atoms with Gasteiger partial charge in [-0.05, 0) is 18.2 Å². The van der Waals surface area contributed by atoms with E-state index in [0.717, 1.165) is 34.0 Å². The van der Waals surface area contributed by atoms with Gasteiger partial charge in [-0.15, -0.1) is 16.4 Å². The van der Waals surface area contributed by atoms with Crippen molar-refractivity contribution in [3.63, 3.8) is 0 Å². The number of anilines is 1. The average molecular weight is 572 g/mol. The molecule has 0 atom stereocenters. The van der Waals surface area contributed by atoms with Gasteiger partial charge in [0, 0.05) is 30.4 Å². The molecule has 4 heterocycles. The van der Waals surface area contributed by atoms with E-state index in [9.17, 15) is 13.6 Å². The monoisotopic (exact) mass is 571 g/mol. The Balaban J connectivity index is 0.000000239. The fourth-order valence-electron chi connectivity index (χ4n) is 3.05. The molecule has 0 saturated heterocycles. The fourth-order valence-corrected chi connectivity index (χ4v) is 3.88. The quantitative estimate of drug-likeness (QED) is 0.194. The number of hydrogen-bond acceptors (Lipinski definition) is 8. The number of pyridine rings is 1. The highest BCUT2D eigenvalue weighted by Crippen LogP contribution is 2.29. The van der Waals surface area contributed by atoms with Gasteiger partial charge < -0.3 is 10.1 Å². The molecular weight excluding hydrogens is 536 g/mol. The molecule has 0 unspecified atom stereocenters. The van der Waals surface area contributed by atoms with Crippen molar-refractivity contribution in [2.45, 2.75) is 47.0 Å². The zero-order valence-electron chi connectivity index (χ0n) is 23.5. The minimum atomic E-state index is -2.60.